The van der Waals surface area contributed by atoms with Gasteiger partial charge in [-0.1, -0.05) is 0 Å². The number of anilines is 1. The molecule has 2 atom stereocenters. The Morgan fingerprint density at radius 3 is 2.80 bits per heavy atom. The van der Waals surface area contributed by atoms with E-state index in [1.54, 1.807) is 17.0 Å². The molecule has 0 spiro atoms. The Hall–Kier alpha value is -2.11. The number of hydrogen-bond donors (Lipinski definition) is 2. The number of rotatable bonds is 3. The molecule has 2 fully saturated rings. The summed E-state index contributed by atoms with van der Waals surface area (Å²) in [6.07, 6.45) is 0.514. The van der Waals surface area contributed by atoms with Crippen LogP contribution in [-0.2, 0) is 9.59 Å². The van der Waals surface area contributed by atoms with Crippen molar-refractivity contribution in [2.45, 2.75) is 12.5 Å². The average molecular weight is 277 g/mol. The minimum absolute atomic E-state index is 0.00188. The molecule has 106 valence electrons. The van der Waals surface area contributed by atoms with Crippen molar-refractivity contribution in [3.8, 4) is 0 Å². The third-order valence-corrected chi connectivity index (χ3v) is 3.88. The van der Waals surface area contributed by atoms with Crippen molar-refractivity contribution in [2.24, 2.45) is 5.92 Å². The summed E-state index contributed by atoms with van der Waals surface area (Å²) in [6, 6.07) is 6.01. The summed E-state index contributed by atoms with van der Waals surface area (Å²) in [5.74, 6) is 0.0248. The lowest BCUT2D eigenvalue weighted by Crippen LogP contribution is -2.38. The van der Waals surface area contributed by atoms with E-state index in [1.165, 1.54) is 12.1 Å². The van der Waals surface area contributed by atoms with Gasteiger partial charge in [-0.3, -0.25) is 9.59 Å². The first-order valence-corrected chi connectivity index (χ1v) is 6.68. The van der Waals surface area contributed by atoms with Crippen LogP contribution in [0, 0.1) is 11.7 Å². The van der Waals surface area contributed by atoms with Crippen molar-refractivity contribution in [2.75, 3.05) is 25.0 Å². The molecule has 0 unspecified atom stereocenters. The highest BCUT2D eigenvalue weighted by atomic mass is 19.1. The van der Waals surface area contributed by atoms with Crippen LogP contribution < -0.4 is 10.6 Å². The van der Waals surface area contributed by atoms with Crippen molar-refractivity contribution in [3.05, 3.63) is 30.1 Å². The molecule has 0 aromatic heterocycles. The second-order valence-electron chi connectivity index (χ2n) is 5.30. The fourth-order valence-electron chi connectivity index (χ4n) is 2.81. The van der Waals surface area contributed by atoms with Crippen molar-refractivity contribution in [1.29, 1.82) is 0 Å². The molecule has 2 N–H and O–H groups in total. The Kier molecular flexibility index (Phi) is 3.30. The zero-order valence-corrected chi connectivity index (χ0v) is 10.9. The highest BCUT2D eigenvalue weighted by molar-refractivity contribution is 5.83. The predicted octanol–water partition coefficient (Wildman–Crippen LogP) is 0.584. The van der Waals surface area contributed by atoms with Gasteiger partial charge in [0.2, 0.25) is 11.8 Å². The number of benzene rings is 1. The summed E-state index contributed by atoms with van der Waals surface area (Å²) >= 11 is 0. The third kappa shape index (κ3) is 2.59. The van der Waals surface area contributed by atoms with Gasteiger partial charge in [0.15, 0.2) is 0 Å². The molecule has 0 saturated carbocycles. The van der Waals surface area contributed by atoms with Crippen LogP contribution in [0.4, 0.5) is 10.1 Å². The van der Waals surface area contributed by atoms with Gasteiger partial charge in [0.25, 0.3) is 0 Å². The van der Waals surface area contributed by atoms with Gasteiger partial charge >= 0.3 is 0 Å². The summed E-state index contributed by atoms with van der Waals surface area (Å²) in [5, 5.41) is 5.86. The number of amides is 2. The van der Waals surface area contributed by atoms with Crippen molar-refractivity contribution >= 4 is 17.5 Å². The lowest BCUT2D eigenvalue weighted by Gasteiger charge is -2.18. The molecule has 2 heterocycles. The molecule has 20 heavy (non-hydrogen) atoms. The smallest absolute Gasteiger partial charge is 0.241 e. The molecule has 0 bridgehead atoms. The molecule has 2 aliphatic heterocycles. The largest absolute Gasteiger partial charge is 0.376 e. The van der Waals surface area contributed by atoms with Crippen LogP contribution in [0.5, 0.6) is 0 Å². The zero-order valence-electron chi connectivity index (χ0n) is 10.9. The number of likely N-dealkylation sites (tertiary alicyclic amines) is 1. The molecule has 2 saturated heterocycles. The second-order valence-corrected chi connectivity index (χ2v) is 5.30. The Morgan fingerprint density at radius 2 is 2.10 bits per heavy atom. The summed E-state index contributed by atoms with van der Waals surface area (Å²) < 4.78 is 12.8. The molecule has 1 aromatic carbocycles. The minimum atomic E-state index is -0.301. The van der Waals surface area contributed by atoms with Crippen LogP contribution in [0.25, 0.3) is 0 Å². The molecule has 0 aliphatic carbocycles. The van der Waals surface area contributed by atoms with Crippen molar-refractivity contribution < 1.29 is 14.0 Å². The number of hydrogen-bond acceptors (Lipinski definition) is 3. The third-order valence-electron chi connectivity index (χ3n) is 3.88. The topological polar surface area (TPSA) is 61.4 Å². The monoisotopic (exact) mass is 277 g/mol. The number of nitrogens with zero attached hydrogens (tertiary/aromatic N) is 1. The molecule has 3 rings (SSSR count). The van der Waals surface area contributed by atoms with E-state index in [0.29, 0.717) is 25.2 Å². The molecule has 5 nitrogen and oxygen atoms in total. The van der Waals surface area contributed by atoms with Crippen molar-refractivity contribution in [3.63, 3.8) is 0 Å². The van der Waals surface area contributed by atoms with E-state index in [2.05, 4.69) is 10.6 Å². The molecular formula is C14H16FN3O2. The maximum Gasteiger partial charge on any atom is 0.241 e. The van der Waals surface area contributed by atoms with Gasteiger partial charge in [-0.15, -0.1) is 0 Å². The minimum Gasteiger partial charge on any atom is -0.376 e. The fraction of sp³-hybridized carbons (Fsp3) is 0.429. The number of carbonyl (C=O) groups excluding carboxylic acids is 2. The highest BCUT2D eigenvalue weighted by Crippen LogP contribution is 2.25. The van der Waals surface area contributed by atoms with Gasteiger partial charge in [0.1, 0.15) is 5.82 Å². The summed E-state index contributed by atoms with van der Waals surface area (Å²) in [5.41, 5.74) is 0.715. The van der Waals surface area contributed by atoms with Crippen LogP contribution >= 0.6 is 0 Å². The predicted molar refractivity (Wildman–Crippen MR) is 71.5 cm³/mol. The van der Waals surface area contributed by atoms with E-state index >= 15 is 0 Å². The van der Waals surface area contributed by atoms with E-state index in [1.807, 2.05) is 0 Å². The van der Waals surface area contributed by atoms with Gasteiger partial charge in [-0.2, -0.15) is 0 Å². The van der Waals surface area contributed by atoms with Gasteiger partial charge in [0.05, 0.1) is 12.6 Å². The summed E-state index contributed by atoms with van der Waals surface area (Å²) in [4.78, 5) is 25.1. The number of halogens is 1. The molecule has 6 heteroatoms. The van der Waals surface area contributed by atoms with E-state index < -0.39 is 0 Å². The standard InChI is InChI=1S/C14H16FN3O2/c15-10-1-3-11(4-2-10)16-6-14(20)18-7-9-5-13(19)17-12(9)8-18/h1-4,9,12,16H,5-8H2,(H,17,19)/t9-,12+/m0/s1. The zero-order chi connectivity index (χ0) is 14.1. The maximum atomic E-state index is 12.8. The lowest BCUT2D eigenvalue weighted by atomic mass is 10.1. The Morgan fingerprint density at radius 1 is 1.35 bits per heavy atom. The maximum absolute atomic E-state index is 12.8. The quantitative estimate of drug-likeness (QED) is 0.850. The van der Waals surface area contributed by atoms with E-state index in [0.717, 1.165) is 0 Å². The van der Waals surface area contributed by atoms with Crippen LogP contribution in [0.15, 0.2) is 24.3 Å². The number of nitrogens with one attached hydrogen (secondary N) is 2. The first-order valence-electron chi connectivity index (χ1n) is 6.68. The molecule has 2 aliphatic rings. The van der Waals surface area contributed by atoms with Crippen LogP contribution in [0.1, 0.15) is 6.42 Å². The van der Waals surface area contributed by atoms with Gasteiger partial charge in [0, 0.05) is 31.1 Å². The highest BCUT2D eigenvalue weighted by Gasteiger charge is 2.41. The lowest BCUT2D eigenvalue weighted by molar-refractivity contribution is -0.129. The molecule has 0 radical (unpaired) electrons. The Labute approximate surface area is 116 Å². The Balaban J connectivity index is 1.51. The van der Waals surface area contributed by atoms with Gasteiger partial charge < -0.3 is 15.5 Å². The van der Waals surface area contributed by atoms with Crippen LogP contribution in [0.2, 0.25) is 0 Å². The fourth-order valence-corrected chi connectivity index (χ4v) is 2.81. The van der Waals surface area contributed by atoms with E-state index in [-0.39, 0.29) is 36.1 Å². The summed E-state index contributed by atoms with van der Waals surface area (Å²) in [6.45, 7) is 1.40. The normalized spacial score (nSPS) is 24.4. The first kappa shape index (κ1) is 12.9. The van der Waals surface area contributed by atoms with E-state index in [4.69, 9.17) is 0 Å². The number of fused-ring (bicyclic) bond motifs is 1. The molecule has 2 amide bonds. The average Bonchev–Trinajstić information content (AvgIpc) is 2.95. The summed E-state index contributed by atoms with van der Waals surface area (Å²) in [7, 11) is 0. The Bertz CT molecular complexity index is 516. The van der Waals surface area contributed by atoms with Gasteiger partial charge in [-0.25, -0.2) is 4.39 Å². The van der Waals surface area contributed by atoms with Crippen molar-refractivity contribution in [1.82, 2.24) is 10.2 Å². The molecular weight excluding hydrogens is 261 g/mol. The van der Waals surface area contributed by atoms with E-state index in [9.17, 15) is 14.0 Å². The van der Waals surface area contributed by atoms with Crippen LogP contribution in [0.3, 0.4) is 0 Å². The van der Waals surface area contributed by atoms with Gasteiger partial charge in [-0.05, 0) is 24.3 Å². The molecule has 1 aromatic rings. The van der Waals surface area contributed by atoms with Crippen LogP contribution in [-0.4, -0.2) is 42.4 Å². The first-order chi connectivity index (χ1) is 9.61. The SMILES string of the molecule is O=C1C[C@H]2CN(C(=O)CNc3ccc(F)cc3)C[C@H]2N1. The number of carbonyl (C=O) groups is 2. The second kappa shape index (κ2) is 5.11.